The Balaban J connectivity index is 1.77. The minimum atomic E-state index is -0.587. The number of para-hydroxylation sites is 1. The molecule has 1 unspecified atom stereocenters. The quantitative estimate of drug-likeness (QED) is 0.837. The molecule has 2 N–H and O–H groups in total. The Bertz CT molecular complexity index is 727. The van der Waals surface area contributed by atoms with Crippen molar-refractivity contribution in [2.75, 3.05) is 25.0 Å². The highest BCUT2D eigenvalue weighted by molar-refractivity contribution is 5.99. The molecule has 1 heterocycles. The summed E-state index contributed by atoms with van der Waals surface area (Å²) in [5, 5.41) is 6.19. The molecule has 136 valence electrons. The second-order valence-electron chi connectivity index (χ2n) is 6.67. The lowest BCUT2D eigenvalue weighted by molar-refractivity contribution is -0.129. The number of amides is 2. The summed E-state index contributed by atoms with van der Waals surface area (Å²) in [5.74, 6) is -0.229. The zero-order valence-corrected chi connectivity index (χ0v) is 15.0. The molecule has 2 amide bonds. The van der Waals surface area contributed by atoms with Gasteiger partial charge in [0.2, 0.25) is 11.8 Å². The number of nitrogens with zero attached hydrogens (tertiary/aromatic N) is 1. The summed E-state index contributed by atoms with van der Waals surface area (Å²) in [5.41, 5.74) is 1.84. The van der Waals surface area contributed by atoms with E-state index in [0.29, 0.717) is 13.0 Å². The van der Waals surface area contributed by atoms with Crippen LogP contribution in [0.25, 0.3) is 0 Å². The number of hydrogen-bond donors (Lipinski definition) is 2. The predicted molar refractivity (Wildman–Crippen MR) is 103 cm³/mol. The second kappa shape index (κ2) is 8.63. The molecule has 1 saturated heterocycles. The number of carbonyl (C=O) groups excluding carboxylic acids is 2. The zero-order valence-electron chi connectivity index (χ0n) is 15.0. The Kier molecular flexibility index (Phi) is 6.02. The van der Waals surface area contributed by atoms with Crippen molar-refractivity contribution in [2.45, 2.75) is 18.9 Å². The summed E-state index contributed by atoms with van der Waals surface area (Å²) in [6.45, 7) is 1.52. The van der Waals surface area contributed by atoms with Crippen molar-refractivity contribution in [1.29, 1.82) is 0 Å². The lowest BCUT2D eigenvalue weighted by atomic mass is 10.0. The summed E-state index contributed by atoms with van der Waals surface area (Å²) >= 11 is 0. The first-order chi connectivity index (χ1) is 12.6. The van der Waals surface area contributed by atoms with E-state index in [2.05, 4.69) is 10.6 Å². The highest BCUT2D eigenvalue weighted by Gasteiger charge is 2.29. The van der Waals surface area contributed by atoms with Crippen molar-refractivity contribution < 1.29 is 9.59 Å². The molecular weight excluding hydrogens is 326 g/mol. The Labute approximate surface area is 154 Å². The van der Waals surface area contributed by atoms with Gasteiger partial charge in [-0.05, 0) is 30.7 Å². The molecule has 0 radical (unpaired) electrons. The van der Waals surface area contributed by atoms with Crippen molar-refractivity contribution >= 4 is 17.5 Å². The van der Waals surface area contributed by atoms with Crippen molar-refractivity contribution in [1.82, 2.24) is 10.6 Å². The number of carbonyl (C=O) groups is 2. The van der Waals surface area contributed by atoms with Crippen LogP contribution in [0.1, 0.15) is 12.0 Å². The van der Waals surface area contributed by atoms with E-state index < -0.39 is 6.04 Å². The van der Waals surface area contributed by atoms with Gasteiger partial charge in [0.05, 0.1) is 5.92 Å². The monoisotopic (exact) mass is 351 g/mol. The zero-order chi connectivity index (χ0) is 18.4. The van der Waals surface area contributed by atoms with E-state index in [1.807, 2.05) is 60.7 Å². The number of hydrogen-bond acceptors (Lipinski definition) is 3. The molecule has 0 aromatic heterocycles. The van der Waals surface area contributed by atoms with E-state index in [4.69, 9.17) is 0 Å². The van der Waals surface area contributed by atoms with Gasteiger partial charge in [0, 0.05) is 25.7 Å². The highest BCUT2D eigenvalue weighted by atomic mass is 16.2. The molecule has 3 rings (SSSR count). The van der Waals surface area contributed by atoms with E-state index in [-0.39, 0.29) is 17.7 Å². The molecule has 26 heavy (non-hydrogen) atoms. The maximum atomic E-state index is 13.1. The molecule has 0 bridgehead atoms. The Morgan fingerprint density at radius 2 is 1.77 bits per heavy atom. The van der Waals surface area contributed by atoms with Crippen molar-refractivity contribution in [3.05, 3.63) is 66.2 Å². The lowest BCUT2D eigenvalue weighted by Gasteiger charge is -2.26. The van der Waals surface area contributed by atoms with Gasteiger partial charge in [-0.1, -0.05) is 48.5 Å². The molecule has 5 heteroatoms. The van der Waals surface area contributed by atoms with Gasteiger partial charge in [-0.25, -0.2) is 0 Å². The predicted octanol–water partition coefficient (Wildman–Crippen LogP) is 1.99. The van der Waals surface area contributed by atoms with Gasteiger partial charge in [0.25, 0.3) is 0 Å². The fourth-order valence-corrected chi connectivity index (χ4v) is 3.23. The Morgan fingerprint density at radius 3 is 2.38 bits per heavy atom. The van der Waals surface area contributed by atoms with Crippen LogP contribution in [0.15, 0.2) is 60.7 Å². The summed E-state index contributed by atoms with van der Waals surface area (Å²) in [6, 6.07) is 18.7. The first-order valence-electron chi connectivity index (χ1n) is 9.03. The lowest BCUT2D eigenvalue weighted by Crippen LogP contribution is -2.50. The molecule has 1 aliphatic rings. The molecule has 2 aromatic carbocycles. The highest BCUT2D eigenvalue weighted by Crippen LogP contribution is 2.15. The first kappa shape index (κ1) is 18.1. The largest absolute Gasteiger partial charge is 0.344 e. The third-order valence-corrected chi connectivity index (χ3v) is 4.80. The van der Waals surface area contributed by atoms with Gasteiger partial charge >= 0.3 is 0 Å². The average molecular weight is 351 g/mol. The normalized spacial score (nSPS) is 17.5. The summed E-state index contributed by atoms with van der Waals surface area (Å²) in [7, 11) is 1.75. The van der Waals surface area contributed by atoms with Gasteiger partial charge in [-0.3, -0.25) is 9.59 Å². The van der Waals surface area contributed by atoms with Crippen LogP contribution < -0.4 is 15.5 Å². The standard InChI is InChI=1S/C21H25N3O2/c1-24(18-10-6-3-7-11-18)21(26)19(14-16-8-4-2-5-9-16)23-20(25)17-12-13-22-15-17/h2-11,17,19,22H,12-15H2,1H3,(H,23,25)/t17?,19-/m0/s1. The van der Waals surface area contributed by atoms with Crippen molar-refractivity contribution in [3.8, 4) is 0 Å². The van der Waals surface area contributed by atoms with E-state index in [0.717, 1.165) is 24.2 Å². The van der Waals surface area contributed by atoms with Gasteiger partial charge in [0.1, 0.15) is 6.04 Å². The van der Waals surface area contributed by atoms with Gasteiger partial charge in [0.15, 0.2) is 0 Å². The van der Waals surface area contributed by atoms with Crippen LogP contribution in [0, 0.1) is 5.92 Å². The minimum Gasteiger partial charge on any atom is -0.344 e. The molecule has 1 aliphatic heterocycles. The van der Waals surface area contributed by atoms with E-state index in [1.54, 1.807) is 11.9 Å². The molecular formula is C21H25N3O2. The molecule has 1 fully saturated rings. The molecule has 2 atom stereocenters. The third kappa shape index (κ3) is 4.49. The molecule has 0 spiro atoms. The molecule has 0 saturated carbocycles. The van der Waals surface area contributed by atoms with Crippen LogP contribution in [0.5, 0.6) is 0 Å². The Hall–Kier alpha value is -2.66. The van der Waals surface area contributed by atoms with Gasteiger partial charge in [-0.15, -0.1) is 0 Å². The van der Waals surface area contributed by atoms with Gasteiger partial charge in [-0.2, -0.15) is 0 Å². The van der Waals surface area contributed by atoms with E-state index in [9.17, 15) is 9.59 Å². The molecule has 2 aromatic rings. The molecule has 0 aliphatic carbocycles. The van der Waals surface area contributed by atoms with Crippen LogP contribution in [-0.4, -0.2) is 38.0 Å². The fourth-order valence-electron chi connectivity index (χ4n) is 3.23. The van der Waals surface area contributed by atoms with Crippen LogP contribution in [-0.2, 0) is 16.0 Å². The maximum absolute atomic E-state index is 13.1. The molecule has 5 nitrogen and oxygen atoms in total. The van der Waals surface area contributed by atoms with Crippen molar-refractivity contribution in [2.24, 2.45) is 5.92 Å². The van der Waals surface area contributed by atoms with E-state index in [1.165, 1.54) is 0 Å². The number of anilines is 1. The number of likely N-dealkylation sites (N-methyl/N-ethyl adjacent to an activating group) is 1. The first-order valence-corrected chi connectivity index (χ1v) is 9.03. The summed E-state index contributed by atoms with van der Waals surface area (Å²) < 4.78 is 0. The number of nitrogens with one attached hydrogen (secondary N) is 2. The minimum absolute atomic E-state index is 0.0502. The SMILES string of the molecule is CN(C(=O)[C@H](Cc1ccccc1)NC(=O)C1CCNC1)c1ccccc1. The second-order valence-corrected chi connectivity index (χ2v) is 6.67. The van der Waals surface area contributed by atoms with Crippen LogP contribution in [0.4, 0.5) is 5.69 Å². The summed E-state index contributed by atoms with van der Waals surface area (Å²) in [4.78, 5) is 27.3. The van der Waals surface area contributed by atoms with Gasteiger partial charge < -0.3 is 15.5 Å². The number of rotatable bonds is 6. The van der Waals surface area contributed by atoms with Crippen molar-refractivity contribution in [3.63, 3.8) is 0 Å². The average Bonchev–Trinajstić information content (AvgIpc) is 3.23. The van der Waals surface area contributed by atoms with Crippen LogP contribution >= 0.6 is 0 Å². The maximum Gasteiger partial charge on any atom is 0.249 e. The number of benzene rings is 2. The smallest absolute Gasteiger partial charge is 0.249 e. The topological polar surface area (TPSA) is 61.4 Å². The third-order valence-electron chi connectivity index (χ3n) is 4.80. The van der Waals surface area contributed by atoms with Crippen LogP contribution in [0.3, 0.4) is 0 Å². The van der Waals surface area contributed by atoms with E-state index >= 15 is 0 Å². The summed E-state index contributed by atoms with van der Waals surface area (Å²) in [6.07, 6.45) is 1.29. The fraction of sp³-hybridized carbons (Fsp3) is 0.333. The Morgan fingerprint density at radius 1 is 1.12 bits per heavy atom. The van der Waals surface area contributed by atoms with Crippen LogP contribution in [0.2, 0.25) is 0 Å².